The van der Waals surface area contributed by atoms with E-state index >= 15 is 0 Å². The number of amides is 2. The number of carbonyl (C=O) groups is 2. The summed E-state index contributed by atoms with van der Waals surface area (Å²) in [7, 11) is 0. The number of benzene rings is 1. The average molecular weight is 338 g/mol. The van der Waals surface area contributed by atoms with Crippen LogP contribution in [0.3, 0.4) is 0 Å². The summed E-state index contributed by atoms with van der Waals surface area (Å²) in [6.07, 6.45) is 3.17. The van der Waals surface area contributed by atoms with Gasteiger partial charge in [-0.05, 0) is 62.0 Å². The van der Waals surface area contributed by atoms with Gasteiger partial charge in [-0.1, -0.05) is 0 Å². The molecule has 2 N–H and O–H groups in total. The summed E-state index contributed by atoms with van der Waals surface area (Å²) in [4.78, 5) is 25.6. The maximum absolute atomic E-state index is 12.3. The number of nitrogens with one attached hydrogen (secondary N) is 2. The lowest BCUT2D eigenvalue weighted by atomic mass is 9.99. The monoisotopic (exact) mass is 337 g/mol. The second-order valence-electron chi connectivity index (χ2n) is 6.19. The minimum Gasteiger partial charge on any atom is -0.352 e. The first-order valence-corrected chi connectivity index (χ1v) is 8.05. The van der Waals surface area contributed by atoms with Gasteiger partial charge in [0.15, 0.2) is 0 Å². The normalized spacial score (nSPS) is 19.7. The Bertz CT molecular complexity index is 585. The van der Waals surface area contributed by atoms with Crippen LogP contribution in [0.2, 0.25) is 0 Å². The fourth-order valence-corrected chi connectivity index (χ4v) is 3.31. The van der Waals surface area contributed by atoms with Gasteiger partial charge in [0.05, 0.1) is 0 Å². The minimum absolute atomic E-state index is 0. The lowest BCUT2D eigenvalue weighted by Crippen LogP contribution is -2.38. The topological polar surface area (TPSA) is 61.4 Å². The number of halogens is 1. The van der Waals surface area contributed by atoms with Crippen molar-refractivity contribution in [3.05, 3.63) is 29.3 Å². The smallest absolute Gasteiger partial charge is 0.251 e. The van der Waals surface area contributed by atoms with E-state index in [4.69, 9.17) is 0 Å². The van der Waals surface area contributed by atoms with Crippen LogP contribution in [0.4, 0.5) is 5.69 Å². The molecule has 3 rings (SSSR count). The number of anilines is 1. The van der Waals surface area contributed by atoms with Crippen molar-refractivity contribution >= 4 is 29.9 Å². The maximum atomic E-state index is 12.3. The Labute approximate surface area is 143 Å². The average Bonchev–Trinajstić information content (AvgIpc) is 2.97. The third kappa shape index (κ3) is 4.03. The molecule has 5 nitrogen and oxygen atoms in total. The molecule has 0 aliphatic carbocycles. The van der Waals surface area contributed by atoms with Crippen molar-refractivity contribution in [1.82, 2.24) is 10.6 Å². The number of fused-ring (bicyclic) bond motifs is 1. The van der Waals surface area contributed by atoms with E-state index < -0.39 is 0 Å². The Morgan fingerprint density at radius 1 is 1.39 bits per heavy atom. The van der Waals surface area contributed by atoms with Gasteiger partial charge in [-0.15, -0.1) is 12.4 Å². The highest BCUT2D eigenvalue weighted by atomic mass is 35.5. The predicted molar refractivity (Wildman–Crippen MR) is 93.3 cm³/mol. The molecule has 2 aliphatic rings. The van der Waals surface area contributed by atoms with E-state index in [1.54, 1.807) is 11.8 Å². The highest BCUT2D eigenvalue weighted by Gasteiger charge is 2.23. The zero-order chi connectivity index (χ0) is 15.5. The van der Waals surface area contributed by atoms with Crippen molar-refractivity contribution in [2.24, 2.45) is 5.92 Å². The van der Waals surface area contributed by atoms with Crippen molar-refractivity contribution in [2.75, 3.05) is 31.1 Å². The van der Waals surface area contributed by atoms with Crippen LogP contribution in [0, 0.1) is 5.92 Å². The standard InChI is InChI=1S/C17H23N3O2.ClH/c1-12(21)20-8-6-14-9-15(4-5-16(14)20)17(22)19-11-13-3-2-7-18-10-13;/h4-5,9,13,18H,2-3,6-8,10-11H2,1H3,(H,19,22);1H. The number of hydrogen-bond donors (Lipinski definition) is 2. The largest absolute Gasteiger partial charge is 0.352 e. The molecule has 1 unspecified atom stereocenters. The van der Waals surface area contributed by atoms with Gasteiger partial charge in [-0.3, -0.25) is 9.59 Å². The predicted octanol–water partition coefficient (Wildman–Crippen LogP) is 1.75. The molecular weight excluding hydrogens is 314 g/mol. The van der Waals surface area contributed by atoms with Crippen molar-refractivity contribution in [3.63, 3.8) is 0 Å². The summed E-state index contributed by atoms with van der Waals surface area (Å²) in [6, 6.07) is 5.63. The summed E-state index contributed by atoms with van der Waals surface area (Å²) in [5, 5.41) is 6.39. The number of hydrogen-bond acceptors (Lipinski definition) is 3. The van der Waals surface area contributed by atoms with Crippen LogP contribution in [0.15, 0.2) is 18.2 Å². The maximum Gasteiger partial charge on any atom is 0.251 e. The van der Waals surface area contributed by atoms with E-state index in [9.17, 15) is 9.59 Å². The lowest BCUT2D eigenvalue weighted by molar-refractivity contribution is -0.116. The molecule has 6 heteroatoms. The molecule has 1 atom stereocenters. The zero-order valence-electron chi connectivity index (χ0n) is 13.4. The van der Waals surface area contributed by atoms with Gasteiger partial charge in [0.2, 0.25) is 5.91 Å². The van der Waals surface area contributed by atoms with E-state index in [2.05, 4.69) is 10.6 Å². The van der Waals surface area contributed by atoms with E-state index in [0.29, 0.717) is 18.0 Å². The van der Waals surface area contributed by atoms with E-state index in [0.717, 1.165) is 37.3 Å². The van der Waals surface area contributed by atoms with Crippen LogP contribution in [0.1, 0.15) is 35.7 Å². The van der Waals surface area contributed by atoms with E-state index in [1.807, 2.05) is 18.2 Å². The lowest BCUT2D eigenvalue weighted by Gasteiger charge is -2.23. The van der Waals surface area contributed by atoms with Crippen molar-refractivity contribution < 1.29 is 9.59 Å². The fourth-order valence-electron chi connectivity index (χ4n) is 3.31. The van der Waals surface area contributed by atoms with Gasteiger partial charge >= 0.3 is 0 Å². The molecule has 1 saturated heterocycles. The van der Waals surface area contributed by atoms with Gasteiger partial charge in [0.25, 0.3) is 5.91 Å². The quantitative estimate of drug-likeness (QED) is 0.883. The summed E-state index contributed by atoms with van der Waals surface area (Å²) < 4.78 is 0. The summed E-state index contributed by atoms with van der Waals surface area (Å²) in [6.45, 7) is 5.08. The highest BCUT2D eigenvalue weighted by molar-refractivity contribution is 5.97. The van der Waals surface area contributed by atoms with Crippen LogP contribution in [0.5, 0.6) is 0 Å². The van der Waals surface area contributed by atoms with Crippen LogP contribution < -0.4 is 15.5 Å². The summed E-state index contributed by atoms with van der Waals surface area (Å²) in [5.74, 6) is 0.565. The van der Waals surface area contributed by atoms with Crippen molar-refractivity contribution in [2.45, 2.75) is 26.2 Å². The Balaban J connectivity index is 0.00000192. The molecule has 126 valence electrons. The minimum atomic E-state index is -0.0188. The van der Waals surface area contributed by atoms with Crippen LogP contribution in [-0.4, -0.2) is 38.0 Å². The summed E-state index contributed by atoms with van der Waals surface area (Å²) >= 11 is 0. The Hall–Kier alpha value is -1.59. The number of carbonyl (C=O) groups excluding carboxylic acids is 2. The van der Waals surface area contributed by atoms with Gasteiger partial charge in [0.1, 0.15) is 0 Å². The van der Waals surface area contributed by atoms with Crippen LogP contribution in [0.25, 0.3) is 0 Å². The first-order valence-electron chi connectivity index (χ1n) is 8.05. The third-order valence-corrected chi connectivity index (χ3v) is 4.57. The number of nitrogens with zero attached hydrogens (tertiary/aromatic N) is 1. The second kappa shape index (κ2) is 7.79. The van der Waals surface area contributed by atoms with Crippen molar-refractivity contribution in [3.8, 4) is 0 Å². The SMILES string of the molecule is CC(=O)N1CCc2cc(C(=O)NCC3CCCNC3)ccc21.Cl. The molecule has 0 saturated carbocycles. The van der Waals surface area contributed by atoms with Gasteiger partial charge < -0.3 is 15.5 Å². The Kier molecular flexibility index (Phi) is 6.02. The molecular formula is C17H24ClN3O2. The molecule has 2 aliphatic heterocycles. The Morgan fingerprint density at radius 2 is 2.22 bits per heavy atom. The molecule has 0 aromatic heterocycles. The van der Waals surface area contributed by atoms with Crippen LogP contribution in [-0.2, 0) is 11.2 Å². The first-order chi connectivity index (χ1) is 10.6. The fraction of sp³-hybridized carbons (Fsp3) is 0.529. The Morgan fingerprint density at radius 3 is 2.91 bits per heavy atom. The molecule has 1 fully saturated rings. The van der Waals surface area contributed by atoms with E-state index in [1.165, 1.54) is 12.8 Å². The van der Waals surface area contributed by atoms with Crippen LogP contribution >= 0.6 is 12.4 Å². The molecule has 2 amide bonds. The molecule has 0 radical (unpaired) electrons. The summed E-state index contributed by atoms with van der Waals surface area (Å²) in [5.41, 5.74) is 2.72. The third-order valence-electron chi connectivity index (χ3n) is 4.57. The number of piperidine rings is 1. The molecule has 1 aromatic carbocycles. The molecule has 0 bridgehead atoms. The highest BCUT2D eigenvalue weighted by Crippen LogP contribution is 2.28. The molecule has 1 aromatic rings. The van der Waals surface area contributed by atoms with Crippen molar-refractivity contribution in [1.29, 1.82) is 0 Å². The van der Waals surface area contributed by atoms with Gasteiger partial charge in [-0.25, -0.2) is 0 Å². The number of rotatable bonds is 3. The molecule has 2 heterocycles. The van der Waals surface area contributed by atoms with E-state index in [-0.39, 0.29) is 24.2 Å². The van der Waals surface area contributed by atoms with Gasteiger partial charge in [0, 0.05) is 31.3 Å². The first kappa shape index (κ1) is 17.8. The molecule has 0 spiro atoms. The molecule has 23 heavy (non-hydrogen) atoms. The second-order valence-corrected chi connectivity index (χ2v) is 6.19. The zero-order valence-corrected chi connectivity index (χ0v) is 14.2. The van der Waals surface area contributed by atoms with Gasteiger partial charge in [-0.2, -0.15) is 0 Å².